The average Bonchev–Trinajstić information content (AvgIpc) is 2.52. The first-order chi connectivity index (χ1) is 12.2. The third-order valence-corrected chi connectivity index (χ3v) is 4.02. The number of aromatic nitrogens is 2. The molecule has 0 amide bonds. The van der Waals surface area contributed by atoms with E-state index in [1.807, 2.05) is 0 Å². The van der Waals surface area contributed by atoms with Gasteiger partial charge in [-0.25, -0.2) is 9.18 Å². The summed E-state index contributed by atoms with van der Waals surface area (Å²) in [7, 11) is 0. The number of fused-ring (bicyclic) bond motifs is 1. The van der Waals surface area contributed by atoms with Gasteiger partial charge in [-0.05, 0) is 30.3 Å². The minimum absolute atomic E-state index is 0.147. The Morgan fingerprint density at radius 1 is 1.27 bits per heavy atom. The monoisotopic (exact) mass is 442 g/mol. The molecule has 0 radical (unpaired) electrons. The second-order valence-corrected chi connectivity index (χ2v) is 6.62. The van der Waals surface area contributed by atoms with E-state index in [-0.39, 0.29) is 12.1 Å². The van der Waals surface area contributed by atoms with E-state index in [9.17, 15) is 14.0 Å². The summed E-state index contributed by atoms with van der Waals surface area (Å²) in [5.74, 6) is -1.32. The molecule has 1 heterocycles. The zero-order valence-corrected chi connectivity index (χ0v) is 15.8. The van der Waals surface area contributed by atoms with Crippen molar-refractivity contribution in [2.45, 2.75) is 13.5 Å². The van der Waals surface area contributed by atoms with E-state index in [2.05, 4.69) is 20.9 Å². The maximum atomic E-state index is 13.9. The summed E-state index contributed by atoms with van der Waals surface area (Å²) in [5.41, 5.74) is -0.487. The van der Waals surface area contributed by atoms with Gasteiger partial charge in [-0.3, -0.25) is 14.2 Å². The zero-order chi connectivity index (χ0) is 19.4. The number of rotatable bonds is 2. The fraction of sp³-hybridized carbons (Fsp3) is 0.118. The molecule has 0 aliphatic heterocycles. The highest BCUT2D eigenvalue weighted by Gasteiger charge is 2.11. The normalized spacial score (nSPS) is 10.3. The number of carboxylic acid groups (broad SMARTS) is 1. The lowest BCUT2D eigenvalue weighted by atomic mass is 10.2. The molecule has 1 aromatic heterocycles. The van der Waals surface area contributed by atoms with Crippen molar-refractivity contribution in [2.24, 2.45) is 0 Å². The zero-order valence-electron chi connectivity index (χ0n) is 13.4. The van der Waals surface area contributed by atoms with Crippen LogP contribution in [0.1, 0.15) is 12.5 Å². The van der Waals surface area contributed by atoms with Crippen LogP contribution in [0.25, 0.3) is 10.9 Å². The maximum Gasteiger partial charge on any atom is 0.329 e. The molecule has 3 aromatic rings. The summed E-state index contributed by atoms with van der Waals surface area (Å²) in [4.78, 5) is 36.1. The Labute approximate surface area is 160 Å². The molecule has 0 aliphatic rings. The first-order valence-corrected chi connectivity index (χ1v) is 8.42. The van der Waals surface area contributed by atoms with Gasteiger partial charge in [-0.2, -0.15) is 0 Å². The van der Waals surface area contributed by atoms with Gasteiger partial charge in [0.1, 0.15) is 5.82 Å². The number of nitrogens with zero attached hydrogens (tertiary/aromatic N) is 1. The standard InChI is InChI=1S/C15H9BrClFN2O2.C2H4O2/c16-9-2-1-8(12(18)5-9)7-20-14(21)11-4-3-10(17)6-13(11)19-15(20)22;1-2(3)4/h1-6H,7H2,(H,19,22);1H3,(H,3,4). The lowest BCUT2D eigenvalue weighted by molar-refractivity contribution is -0.134. The quantitative estimate of drug-likeness (QED) is 0.635. The molecule has 0 atom stereocenters. The largest absolute Gasteiger partial charge is 0.481 e. The predicted molar refractivity (Wildman–Crippen MR) is 100 cm³/mol. The molecule has 0 aliphatic carbocycles. The van der Waals surface area contributed by atoms with Gasteiger partial charge in [0.25, 0.3) is 11.5 Å². The van der Waals surface area contributed by atoms with E-state index < -0.39 is 23.0 Å². The van der Waals surface area contributed by atoms with Crippen LogP contribution in [-0.2, 0) is 11.3 Å². The molecule has 0 saturated carbocycles. The van der Waals surface area contributed by atoms with Crippen LogP contribution in [0.5, 0.6) is 0 Å². The molecule has 0 fully saturated rings. The van der Waals surface area contributed by atoms with Crippen molar-refractivity contribution < 1.29 is 14.3 Å². The van der Waals surface area contributed by atoms with Crippen LogP contribution in [0.15, 0.2) is 50.5 Å². The molecule has 9 heteroatoms. The molecule has 136 valence electrons. The molecule has 2 aromatic carbocycles. The van der Waals surface area contributed by atoms with Crippen LogP contribution < -0.4 is 11.2 Å². The van der Waals surface area contributed by atoms with Gasteiger partial charge in [0.05, 0.1) is 17.4 Å². The Morgan fingerprint density at radius 2 is 1.92 bits per heavy atom. The van der Waals surface area contributed by atoms with Crippen molar-refractivity contribution in [3.8, 4) is 0 Å². The molecule has 0 saturated heterocycles. The van der Waals surface area contributed by atoms with E-state index in [4.69, 9.17) is 21.5 Å². The number of carbonyl (C=O) groups is 1. The summed E-state index contributed by atoms with van der Waals surface area (Å²) in [6.45, 7) is 0.936. The maximum absolute atomic E-state index is 13.9. The van der Waals surface area contributed by atoms with Gasteiger partial charge in [-0.1, -0.05) is 33.6 Å². The van der Waals surface area contributed by atoms with E-state index in [0.29, 0.717) is 20.4 Å². The SMILES string of the molecule is CC(=O)O.O=c1[nH]c2cc(Cl)ccc2c(=O)n1Cc1ccc(Br)cc1F. The number of carboxylic acids is 1. The van der Waals surface area contributed by atoms with Crippen LogP contribution in [0.2, 0.25) is 5.02 Å². The molecule has 0 bridgehead atoms. The molecule has 0 spiro atoms. The Bertz CT molecular complexity index is 1090. The van der Waals surface area contributed by atoms with Crippen molar-refractivity contribution >= 4 is 44.4 Å². The van der Waals surface area contributed by atoms with Gasteiger partial charge >= 0.3 is 5.69 Å². The van der Waals surface area contributed by atoms with Gasteiger partial charge in [0.2, 0.25) is 0 Å². The minimum Gasteiger partial charge on any atom is -0.481 e. The van der Waals surface area contributed by atoms with Crippen LogP contribution in [0.3, 0.4) is 0 Å². The van der Waals surface area contributed by atoms with Crippen molar-refractivity contribution in [1.82, 2.24) is 9.55 Å². The van der Waals surface area contributed by atoms with E-state index in [1.54, 1.807) is 12.1 Å². The minimum atomic E-state index is -0.833. The smallest absolute Gasteiger partial charge is 0.329 e. The number of benzene rings is 2. The molecule has 0 unspecified atom stereocenters. The average molecular weight is 444 g/mol. The topological polar surface area (TPSA) is 92.2 Å². The van der Waals surface area contributed by atoms with E-state index in [1.165, 1.54) is 24.3 Å². The van der Waals surface area contributed by atoms with Crippen molar-refractivity contribution in [3.05, 3.63) is 78.1 Å². The second kappa shape index (κ2) is 8.29. The van der Waals surface area contributed by atoms with Crippen molar-refractivity contribution in [2.75, 3.05) is 0 Å². The summed E-state index contributed by atoms with van der Waals surface area (Å²) in [6.07, 6.45) is 0. The first-order valence-electron chi connectivity index (χ1n) is 7.25. The van der Waals surface area contributed by atoms with Crippen LogP contribution in [0, 0.1) is 5.82 Å². The highest BCUT2D eigenvalue weighted by Crippen LogP contribution is 2.16. The molecule has 3 rings (SSSR count). The number of H-pyrrole nitrogens is 1. The highest BCUT2D eigenvalue weighted by molar-refractivity contribution is 9.10. The van der Waals surface area contributed by atoms with Crippen LogP contribution in [0.4, 0.5) is 4.39 Å². The van der Waals surface area contributed by atoms with Crippen molar-refractivity contribution in [3.63, 3.8) is 0 Å². The molecule has 2 N–H and O–H groups in total. The van der Waals surface area contributed by atoms with Crippen LogP contribution in [-0.4, -0.2) is 20.6 Å². The summed E-state index contributed by atoms with van der Waals surface area (Å²) < 4.78 is 15.4. The fourth-order valence-electron chi connectivity index (χ4n) is 2.19. The molecular formula is C17H13BrClFN2O4. The van der Waals surface area contributed by atoms with Gasteiger partial charge in [-0.15, -0.1) is 0 Å². The van der Waals surface area contributed by atoms with Crippen molar-refractivity contribution in [1.29, 1.82) is 0 Å². The van der Waals surface area contributed by atoms with E-state index in [0.717, 1.165) is 11.5 Å². The van der Waals surface area contributed by atoms with Gasteiger partial charge < -0.3 is 10.1 Å². The first kappa shape index (κ1) is 19.9. The summed E-state index contributed by atoms with van der Waals surface area (Å²) in [5, 5.41) is 8.15. The number of aliphatic carboxylic acids is 1. The lowest BCUT2D eigenvalue weighted by Gasteiger charge is -2.08. The Hall–Kier alpha value is -2.45. The molecular weight excluding hydrogens is 431 g/mol. The van der Waals surface area contributed by atoms with Gasteiger partial charge in [0.15, 0.2) is 0 Å². The Kier molecular flexibility index (Phi) is 6.33. The summed E-state index contributed by atoms with van der Waals surface area (Å²) >= 11 is 9.00. The second-order valence-electron chi connectivity index (χ2n) is 5.27. The Morgan fingerprint density at radius 3 is 2.54 bits per heavy atom. The molecule has 26 heavy (non-hydrogen) atoms. The van der Waals surface area contributed by atoms with Gasteiger partial charge in [0, 0.05) is 22.0 Å². The predicted octanol–water partition coefficient (Wildman–Crippen LogP) is 3.38. The lowest BCUT2D eigenvalue weighted by Crippen LogP contribution is -2.35. The molecule has 6 nitrogen and oxygen atoms in total. The number of hydrogen-bond donors (Lipinski definition) is 2. The fourth-order valence-corrected chi connectivity index (χ4v) is 2.70. The third-order valence-electron chi connectivity index (χ3n) is 3.29. The third kappa shape index (κ3) is 4.80. The Balaban J connectivity index is 0.000000552. The number of halogens is 3. The highest BCUT2D eigenvalue weighted by atomic mass is 79.9. The number of nitrogens with one attached hydrogen (secondary N) is 1. The van der Waals surface area contributed by atoms with E-state index >= 15 is 0 Å². The number of hydrogen-bond acceptors (Lipinski definition) is 3. The number of aromatic amines is 1. The summed E-state index contributed by atoms with van der Waals surface area (Å²) in [6, 6.07) is 9.06. The van der Waals surface area contributed by atoms with Crippen LogP contribution >= 0.6 is 27.5 Å².